The van der Waals surface area contributed by atoms with Gasteiger partial charge in [0.05, 0.1) is 24.4 Å². The van der Waals surface area contributed by atoms with Crippen molar-refractivity contribution in [1.82, 2.24) is 4.90 Å². The van der Waals surface area contributed by atoms with E-state index in [1.807, 2.05) is 43.3 Å². The van der Waals surface area contributed by atoms with Gasteiger partial charge in [0, 0.05) is 5.02 Å². The maximum atomic E-state index is 13.7. The van der Waals surface area contributed by atoms with Crippen LogP contribution < -0.4 is 14.4 Å². The lowest BCUT2D eigenvalue weighted by Gasteiger charge is -2.19. The van der Waals surface area contributed by atoms with Crippen LogP contribution in [0.2, 0.25) is 10.0 Å². The number of hydrogen-bond donors (Lipinski definition) is 0. The van der Waals surface area contributed by atoms with E-state index in [-0.39, 0.29) is 29.9 Å². The molecule has 1 aliphatic heterocycles. The minimum Gasteiger partial charge on any atom is -0.490 e. The summed E-state index contributed by atoms with van der Waals surface area (Å²) in [7, 11) is 1.28. The van der Waals surface area contributed by atoms with Gasteiger partial charge in [-0.2, -0.15) is 0 Å². The topological polar surface area (TPSA) is 68.3 Å². The van der Waals surface area contributed by atoms with Crippen LogP contribution in [-0.4, -0.2) is 42.2 Å². The van der Waals surface area contributed by atoms with Gasteiger partial charge in [-0.1, -0.05) is 54.4 Å². The molecular weight excluding hydrogens is 571 g/mol. The highest BCUT2D eigenvalue weighted by molar-refractivity contribution is 7.80. The van der Waals surface area contributed by atoms with Crippen molar-refractivity contribution < 1.29 is 23.8 Å². The third-order valence-electron chi connectivity index (χ3n) is 6.18. The van der Waals surface area contributed by atoms with E-state index >= 15 is 0 Å². The van der Waals surface area contributed by atoms with Crippen LogP contribution in [0.1, 0.15) is 30.5 Å². The number of halogens is 2. The normalized spacial score (nSPS) is 14.2. The summed E-state index contributed by atoms with van der Waals surface area (Å²) in [6.07, 6.45) is 2.48. The molecule has 7 nitrogen and oxygen atoms in total. The number of carbonyl (C=O) groups is 2. The zero-order chi connectivity index (χ0) is 28.8. The average Bonchev–Trinajstić information content (AvgIpc) is 3.17. The Bertz CT molecular complexity index is 1440. The van der Waals surface area contributed by atoms with Crippen molar-refractivity contribution in [1.29, 1.82) is 0 Å². The average molecular weight is 600 g/mol. The summed E-state index contributed by atoms with van der Waals surface area (Å²) in [6, 6.07) is 18.2. The van der Waals surface area contributed by atoms with E-state index in [1.54, 1.807) is 30.3 Å². The molecule has 0 aromatic heterocycles. The van der Waals surface area contributed by atoms with Crippen molar-refractivity contribution in [3.63, 3.8) is 0 Å². The molecule has 0 saturated carbocycles. The molecule has 40 heavy (non-hydrogen) atoms. The summed E-state index contributed by atoms with van der Waals surface area (Å²) >= 11 is 18.3. The molecule has 0 unspecified atom stereocenters. The van der Waals surface area contributed by atoms with Crippen LogP contribution in [-0.2, 0) is 27.4 Å². The van der Waals surface area contributed by atoms with Crippen molar-refractivity contribution in [2.45, 2.75) is 26.9 Å². The van der Waals surface area contributed by atoms with Crippen LogP contribution in [0, 0.1) is 0 Å². The smallest absolute Gasteiger partial charge is 0.325 e. The maximum Gasteiger partial charge on any atom is 0.325 e. The summed E-state index contributed by atoms with van der Waals surface area (Å²) in [6.45, 7) is 4.29. The largest absolute Gasteiger partial charge is 0.490 e. The Kier molecular flexibility index (Phi) is 9.68. The zero-order valence-corrected chi connectivity index (χ0v) is 24.6. The van der Waals surface area contributed by atoms with Crippen molar-refractivity contribution in [2.24, 2.45) is 0 Å². The number of esters is 1. The Morgan fingerprint density at radius 3 is 2.27 bits per heavy atom. The Morgan fingerprint density at radius 1 is 0.975 bits per heavy atom. The number of nitrogens with zero attached hydrogens (tertiary/aromatic N) is 2. The van der Waals surface area contributed by atoms with E-state index in [2.05, 4.69) is 6.92 Å². The van der Waals surface area contributed by atoms with Crippen LogP contribution in [0.4, 0.5) is 5.69 Å². The molecule has 0 atom stereocenters. The van der Waals surface area contributed by atoms with Crippen molar-refractivity contribution >= 4 is 64.2 Å². The second kappa shape index (κ2) is 13.2. The molecule has 10 heteroatoms. The molecule has 1 amide bonds. The Balaban J connectivity index is 1.70. The molecular formula is C30H28Cl2N2O5S. The predicted molar refractivity (Wildman–Crippen MR) is 161 cm³/mol. The van der Waals surface area contributed by atoms with Gasteiger partial charge in [0.15, 0.2) is 16.6 Å². The van der Waals surface area contributed by atoms with E-state index in [0.717, 1.165) is 17.5 Å². The predicted octanol–water partition coefficient (Wildman–Crippen LogP) is 6.68. The number of amides is 1. The third kappa shape index (κ3) is 6.58. The Labute approximate surface area is 248 Å². The summed E-state index contributed by atoms with van der Waals surface area (Å²) in [4.78, 5) is 28.8. The summed E-state index contributed by atoms with van der Waals surface area (Å²) in [5, 5.41) is 1.10. The summed E-state index contributed by atoms with van der Waals surface area (Å²) in [5.74, 6) is -0.133. The lowest BCUT2D eigenvalue weighted by Crippen LogP contribution is -2.35. The highest BCUT2D eigenvalue weighted by Crippen LogP contribution is 2.39. The van der Waals surface area contributed by atoms with Crippen LogP contribution in [0.3, 0.4) is 0 Å². The van der Waals surface area contributed by atoms with E-state index in [4.69, 9.17) is 49.6 Å². The lowest BCUT2D eigenvalue weighted by molar-refractivity contribution is -0.140. The maximum absolute atomic E-state index is 13.7. The molecule has 0 radical (unpaired) electrons. The van der Waals surface area contributed by atoms with E-state index in [0.29, 0.717) is 39.4 Å². The number of aryl methyl sites for hydroxylation is 1. The molecule has 0 aliphatic carbocycles. The number of carbonyl (C=O) groups excluding carboxylic acids is 2. The number of thiocarbonyl (C=S) groups is 1. The molecule has 0 bridgehead atoms. The Morgan fingerprint density at radius 2 is 1.65 bits per heavy atom. The first kappa shape index (κ1) is 29.4. The standard InChI is InChI=1S/C30H28Cl2N2O5S/c1-4-19-8-12-23(13-9-19)34-29(36)25(33(30(34)40)17-27(35)37-3)15-21-14-24(32)28(26(16-21)38-5-2)39-18-20-6-10-22(31)11-7-20/h6-16H,4-5,17-18H2,1-3H3/b25-15-. The molecule has 1 aliphatic rings. The van der Waals surface area contributed by atoms with Gasteiger partial charge < -0.3 is 19.1 Å². The number of anilines is 1. The minimum absolute atomic E-state index is 0.171. The molecule has 0 N–H and O–H groups in total. The fourth-order valence-corrected chi connectivity index (χ4v) is 4.85. The van der Waals surface area contributed by atoms with Gasteiger partial charge in [-0.3, -0.25) is 14.5 Å². The highest BCUT2D eigenvalue weighted by Gasteiger charge is 2.40. The molecule has 0 spiro atoms. The van der Waals surface area contributed by atoms with Gasteiger partial charge >= 0.3 is 5.97 Å². The summed E-state index contributed by atoms with van der Waals surface area (Å²) < 4.78 is 16.7. The van der Waals surface area contributed by atoms with Gasteiger partial charge in [-0.15, -0.1) is 0 Å². The van der Waals surface area contributed by atoms with Gasteiger partial charge in [0.1, 0.15) is 18.8 Å². The Hall–Kier alpha value is -3.59. The second-order valence-electron chi connectivity index (χ2n) is 8.81. The lowest BCUT2D eigenvalue weighted by atomic mass is 10.1. The number of methoxy groups -OCH3 is 1. The van der Waals surface area contributed by atoms with Crippen molar-refractivity contribution in [3.05, 3.63) is 93.1 Å². The first-order valence-electron chi connectivity index (χ1n) is 12.6. The molecule has 3 aromatic carbocycles. The van der Waals surface area contributed by atoms with Gasteiger partial charge in [0.25, 0.3) is 5.91 Å². The quantitative estimate of drug-likeness (QED) is 0.146. The monoisotopic (exact) mass is 598 g/mol. The number of rotatable bonds is 10. The zero-order valence-electron chi connectivity index (χ0n) is 22.3. The van der Waals surface area contributed by atoms with E-state index in [1.165, 1.54) is 16.9 Å². The van der Waals surface area contributed by atoms with E-state index in [9.17, 15) is 9.59 Å². The highest BCUT2D eigenvalue weighted by atomic mass is 35.5. The minimum atomic E-state index is -0.539. The van der Waals surface area contributed by atoms with Gasteiger partial charge in [-0.05, 0) is 84.7 Å². The number of hydrogen-bond acceptors (Lipinski definition) is 6. The molecule has 1 fully saturated rings. The van der Waals surface area contributed by atoms with E-state index < -0.39 is 5.97 Å². The van der Waals surface area contributed by atoms with Crippen LogP contribution in [0.25, 0.3) is 6.08 Å². The first-order chi connectivity index (χ1) is 19.2. The third-order valence-corrected chi connectivity index (χ3v) is 7.12. The fourth-order valence-electron chi connectivity index (χ4n) is 4.10. The number of benzene rings is 3. The molecule has 208 valence electrons. The van der Waals surface area contributed by atoms with Gasteiger partial charge in [-0.25, -0.2) is 0 Å². The van der Waals surface area contributed by atoms with Gasteiger partial charge in [0.2, 0.25) is 0 Å². The summed E-state index contributed by atoms with van der Waals surface area (Å²) in [5.41, 5.74) is 3.40. The molecule has 3 aromatic rings. The fraction of sp³-hybridized carbons (Fsp3) is 0.233. The van der Waals surface area contributed by atoms with Crippen LogP contribution >= 0.6 is 35.4 Å². The molecule has 4 rings (SSSR count). The SMILES string of the molecule is CCOc1cc(/C=C2/C(=O)N(c3ccc(CC)cc3)C(=S)N2CC(=O)OC)cc(Cl)c1OCc1ccc(Cl)cc1. The van der Waals surface area contributed by atoms with Crippen molar-refractivity contribution in [2.75, 3.05) is 25.2 Å². The van der Waals surface area contributed by atoms with Crippen LogP contribution in [0.5, 0.6) is 11.5 Å². The molecule has 1 heterocycles. The second-order valence-corrected chi connectivity index (χ2v) is 10.0. The first-order valence-corrected chi connectivity index (χ1v) is 13.8. The number of ether oxygens (including phenoxy) is 3. The van der Waals surface area contributed by atoms with Crippen LogP contribution in [0.15, 0.2) is 66.4 Å². The molecule has 1 saturated heterocycles. The van der Waals surface area contributed by atoms with Crippen molar-refractivity contribution in [3.8, 4) is 11.5 Å².